The first kappa shape index (κ1) is 11.5. The summed E-state index contributed by atoms with van der Waals surface area (Å²) < 4.78 is 5.02. The number of nitrogen functional groups attached to an aromatic ring is 1. The Bertz CT molecular complexity index is 363. The first-order valence-electron chi connectivity index (χ1n) is 4.68. The average molecular weight is 209 g/mol. The van der Waals surface area contributed by atoms with Crippen molar-refractivity contribution in [2.24, 2.45) is 0 Å². The van der Waals surface area contributed by atoms with Crippen LogP contribution < -0.4 is 5.73 Å². The summed E-state index contributed by atoms with van der Waals surface area (Å²) >= 11 is 0. The normalized spacial score (nSPS) is 12.4. The molecule has 1 aromatic rings. The van der Waals surface area contributed by atoms with E-state index in [1.165, 1.54) is 6.07 Å². The number of nitrogens with two attached hydrogens (primary N) is 1. The Kier molecular flexibility index (Phi) is 3.68. The molecule has 0 radical (unpaired) electrons. The molecule has 0 aliphatic carbocycles. The second kappa shape index (κ2) is 4.79. The van der Waals surface area contributed by atoms with Crippen LogP contribution in [-0.4, -0.2) is 24.8 Å². The van der Waals surface area contributed by atoms with Crippen molar-refractivity contribution in [2.75, 3.05) is 19.5 Å². The number of hydrogen-bond donors (Lipinski definition) is 2. The first-order valence-corrected chi connectivity index (χ1v) is 4.68. The number of methoxy groups -OCH3 is 1. The van der Waals surface area contributed by atoms with Crippen molar-refractivity contribution in [3.63, 3.8) is 0 Å². The highest BCUT2D eigenvalue weighted by Crippen LogP contribution is 2.23. The summed E-state index contributed by atoms with van der Waals surface area (Å²) in [4.78, 5) is 10.7. The standard InChI is InChI=1S/C11H15NO3/c1-7(6-15-2)9-4-3-8(11(13)14)5-10(9)12/h3-5,7H,6,12H2,1-2H3,(H,13,14). The third-order valence-electron chi connectivity index (χ3n) is 2.28. The molecule has 0 heterocycles. The van der Waals surface area contributed by atoms with Crippen molar-refractivity contribution < 1.29 is 14.6 Å². The van der Waals surface area contributed by atoms with Crippen molar-refractivity contribution in [3.8, 4) is 0 Å². The second-order valence-electron chi connectivity index (χ2n) is 3.51. The maximum Gasteiger partial charge on any atom is 0.335 e. The van der Waals surface area contributed by atoms with E-state index in [0.717, 1.165) is 5.56 Å². The van der Waals surface area contributed by atoms with Gasteiger partial charge in [-0.25, -0.2) is 4.79 Å². The lowest BCUT2D eigenvalue weighted by Gasteiger charge is -2.13. The number of hydrogen-bond acceptors (Lipinski definition) is 3. The van der Waals surface area contributed by atoms with E-state index in [9.17, 15) is 4.79 Å². The third-order valence-corrected chi connectivity index (χ3v) is 2.28. The van der Waals surface area contributed by atoms with Crippen LogP contribution in [0.2, 0.25) is 0 Å². The minimum absolute atomic E-state index is 0.165. The van der Waals surface area contributed by atoms with Crippen LogP contribution >= 0.6 is 0 Å². The zero-order valence-corrected chi connectivity index (χ0v) is 8.86. The molecule has 1 aromatic carbocycles. The lowest BCUT2D eigenvalue weighted by Crippen LogP contribution is -2.07. The average Bonchev–Trinajstić information content (AvgIpc) is 2.17. The highest BCUT2D eigenvalue weighted by Gasteiger charge is 2.11. The Labute approximate surface area is 88.7 Å². The van der Waals surface area contributed by atoms with Gasteiger partial charge >= 0.3 is 5.97 Å². The van der Waals surface area contributed by atoms with Gasteiger partial charge in [-0.05, 0) is 17.7 Å². The molecule has 0 aliphatic rings. The van der Waals surface area contributed by atoms with E-state index < -0.39 is 5.97 Å². The SMILES string of the molecule is COCC(C)c1ccc(C(=O)O)cc1N. The minimum Gasteiger partial charge on any atom is -0.478 e. The molecule has 0 saturated carbocycles. The predicted molar refractivity (Wildman–Crippen MR) is 58.1 cm³/mol. The van der Waals surface area contributed by atoms with E-state index in [1.54, 1.807) is 19.2 Å². The van der Waals surface area contributed by atoms with Crippen LogP contribution in [0.1, 0.15) is 28.8 Å². The molecular formula is C11H15NO3. The van der Waals surface area contributed by atoms with Crippen molar-refractivity contribution in [1.82, 2.24) is 0 Å². The number of aromatic carboxylic acids is 1. The van der Waals surface area contributed by atoms with Gasteiger partial charge in [-0.1, -0.05) is 13.0 Å². The van der Waals surface area contributed by atoms with Gasteiger partial charge in [-0.3, -0.25) is 0 Å². The molecule has 0 fully saturated rings. The zero-order valence-electron chi connectivity index (χ0n) is 8.86. The predicted octanol–water partition coefficient (Wildman–Crippen LogP) is 1.72. The van der Waals surface area contributed by atoms with Gasteiger partial charge in [-0.2, -0.15) is 0 Å². The Hall–Kier alpha value is -1.55. The number of rotatable bonds is 4. The van der Waals surface area contributed by atoms with Crippen molar-refractivity contribution in [3.05, 3.63) is 29.3 Å². The highest BCUT2D eigenvalue weighted by molar-refractivity contribution is 5.89. The Morgan fingerprint density at radius 2 is 2.27 bits per heavy atom. The summed E-state index contributed by atoms with van der Waals surface area (Å²) in [6.07, 6.45) is 0. The van der Waals surface area contributed by atoms with E-state index >= 15 is 0 Å². The second-order valence-corrected chi connectivity index (χ2v) is 3.51. The Morgan fingerprint density at radius 1 is 1.60 bits per heavy atom. The van der Waals surface area contributed by atoms with E-state index in [0.29, 0.717) is 12.3 Å². The molecule has 0 amide bonds. The third kappa shape index (κ3) is 2.70. The Morgan fingerprint density at radius 3 is 2.73 bits per heavy atom. The fraction of sp³-hybridized carbons (Fsp3) is 0.364. The molecule has 1 unspecified atom stereocenters. The molecule has 1 atom stereocenters. The fourth-order valence-electron chi connectivity index (χ4n) is 1.50. The topological polar surface area (TPSA) is 72.5 Å². The number of anilines is 1. The van der Waals surface area contributed by atoms with Crippen LogP contribution in [0.15, 0.2) is 18.2 Å². The van der Waals surface area contributed by atoms with Crippen molar-refractivity contribution >= 4 is 11.7 Å². The van der Waals surface area contributed by atoms with Gasteiger partial charge in [-0.15, -0.1) is 0 Å². The van der Waals surface area contributed by atoms with Crippen LogP contribution in [0, 0.1) is 0 Å². The summed E-state index contributed by atoms with van der Waals surface area (Å²) in [5, 5.41) is 8.76. The molecule has 0 spiro atoms. The van der Waals surface area contributed by atoms with E-state index in [-0.39, 0.29) is 11.5 Å². The van der Waals surface area contributed by atoms with Crippen LogP contribution in [0.3, 0.4) is 0 Å². The Balaban J connectivity index is 2.97. The molecule has 4 nitrogen and oxygen atoms in total. The molecule has 0 saturated heterocycles. The van der Waals surface area contributed by atoms with Gasteiger partial charge in [0.2, 0.25) is 0 Å². The molecule has 15 heavy (non-hydrogen) atoms. The largest absolute Gasteiger partial charge is 0.478 e. The van der Waals surface area contributed by atoms with Gasteiger partial charge in [0, 0.05) is 18.7 Å². The van der Waals surface area contributed by atoms with E-state index in [4.69, 9.17) is 15.6 Å². The molecule has 0 aromatic heterocycles. The van der Waals surface area contributed by atoms with Crippen molar-refractivity contribution in [2.45, 2.75) is 12.8 Å². The summed E-state index contributed by atoms with van der Waals surface area (Å²) in [6, 6.07) is 4.77. The van der Waals surface area contributed by atoms with Gasteiger partial charge in [0.25, 0.3) is 0 Å². The summed E-state index contributed by atoms with van der Waals surface area (Å²) in [5.41, 5.74) is 7.40. The fourth-order valence-corrected chi connectivity index (χ4v) is 1.50. The lowest BCUT2D eigenvalue weighted by molar-refractivity contribution is 0.0697. The molecule has 0 bridgehead atoms. The van der Waals surface area contributed by atoms with E-state index in [1.807, 2.05) is 6.92 Å². The van der Waals surface area contributed by atoms with Gasteiger partial charge < -0.3 is 15.6 Å². The lowest BCUT2D eigenvalue weighted by atomic mass is 9.98. The monoisotopic (exact) mass is 209 g/mol. The number of carboxylic acids is 1. The maximum absolute atomic E-state index is 10.7. The zero-order chi connectivity index (χ0) is 11.4. The maximum atomic E-state index is 10.7. The number of benzene rings is 1. The molecule has 4 heteroatoms. The van der Waals surface area contributed by atoms with Gasteiger partial charge in [0.15, 0.2) is 0 Å². The van der Waals surface area contributed by atoms with Gasteiger partial charge in [0.1, 0.15) is 0 Å². The van der Waals surface area contributed by atoms with Gasteiger partial charge in [0.05, 0.1) is 12.2 Å². The van der Waals surface area contributed by atoms with Crippen LogP contribution in [-0.2, 0) is 4.74 Å². The molecule has 3 N–H and O–H groups in total. The molecule has 1 rings (SSSR count). The number of carboxylic acid groups (broad SMARTS) is 1. The smallest absolute Gasteiger partial charge is 0.335 e. The number of ether oxygens (including phenoxy) is 1. The molecular weight excluding hydrogens is 194 g/mol. The summed E-state index contributed by atoms with van der Waals surface area (Å²) in [5.74, 6) is -0.800. The van der Waals surface area contributed by atoms with E-state index in [2.05, 4.69) is 0 Å². The molecule has 0 aliphatic heterocycles. The van der Waals surface area contributed by atoms with Crippen LogP contribution in [0.4, 0.5) is 5.69 Å². The highest BCUT2D eigenvalue weighted by atomic mass is 16.5. The quantitative estimate of drug-likeness (QED) is 0.740. The molecule has 82 valence electrons. The van der Waals surface area contributed by atoms with Crippen LogP contribution in [0.25, 0.3) is 0 Å². The number of carbonyl (C=O) groups is 1. The first-order chi connectivity index (χ1) is 7.06. The van der Waals surface area contributed by atoms with Crippen LogP contribution in [0.5, 0.6) is 0 Å². The summed E-state index contributed by atoms with van der Waals surface area (Å²) in [7, 11) is 1.62. The minimum atomic E-state index is -0.965. The summed E-state index contributed by atoms with van der Waals surface area (Å²) in [6.45, 7) is 2.55. The van der Waals surface area contributed by atoms with Crippen molar-refractivity contribution in [1.29, 1.82) is 0 Å².